The zero-order valence-electron chi connectivity index (χ0n) is 24.7. The van der Waals surface area contributed by atoms with Crippen LogP contribution in [0.1, 0.15) is 53.2 Å². The smallest absolute Gasteiger partial charge is 0.270 e. The van der Waals surface area contributed by atoms with Crippen LogP contribution in [0.4, 0.5) is 13.2 Å². The summed E-state index contributed by atoms with van der Waals surface area (Å²) in [5, 5.41) is 4.55. The number of aromatic nitrogens is 2. The Balaban J connectivity index is 1.21. The van der Waals surface area contributed by atoms with Gasteiger partial charge in [0, 0.05) is 37.6 Å². The highest BCUT2D eigenvalue weighted by Gasteiger charge is 2.52. The van der Waals surface area contributed by atoms with Crippen LogP contribution in [-0.4, -0.2) is 78.4 Å². The third kappa shape index (κ3) is 6.35. The van der Waals surface area contributed by atoms with Gasteiger partial charge in [-0.1, -0.05) is 42.5 Å². The minimum Gasteiger partial charge on any atom is -0.332 e. The van der Waals surface area contributed by atoms with Crippen molar-refractivity contribution < 1.29 is 26.4 Å². The zero-order chi connectivity index (χ0) is 31.1. The third-order valence-electron chi connectivity index (χ3n) is 9.22. The molecule has 44 heavy (non-hydrogen) atoms. The fourth-order valence-electron chi connectivity index (χ4n) is 6.81. The number of likely N-dealkylation sites (tertiary alicyclic amines) is 2. The first-order valence-corrected chi connectivity index (χ1v) is 17.0. The van der Waals surface area contributed by atoms with Gasteiger partial charge in [-0.25, -0.2) is 26.3 Å². The van der Waals surface area contributed by atoms with E-state index in [1.807, 2.05) is 30.4 Å². The number of amides is 1. The van der Waals surface area contributed by atoms with Gasteiger partial charge in [0.05, 0.1) is 34.6 Å². The van der Waals surface area contributed by atoms with Crippen molar-refractivity contribution in [1.82, 2.24) is 19.6 Å². The zero-order valence-corrected chi connectivity index (χ0v) is 25.5. The van der Waals surface area contributed by atoms with Crippen molar-refractivity contribution in [2.24, 2.45) is 11.8 Å². The molecule has 2 aliphatic heterocycles. The first kappa shape index (κ1) is 30.6. The number of carbonyl (C=O) groups is 1. The van der Waals surface area contributed by atoms with Gasteiger partial charge in [0.15, 0.2) is 9.84 Å². The first-order valence-electron chi connectivity index (χ1n) is 15.1. The monoisotopic (exact) mass is 626 g/mol. The van der Waals surface area contributed by atoms with Crippen molar-refractivity contribution in [3.8, 4) is 0 Å². The van der Waals surface area contributed by atoms with E-state index < -0.39 is 40.3 Å². The van der Waals surface area contributed by atoms with Gasteiger partial charge in [-0.3, -0.25) is 9.69 Å². The Morgan fingerprint density at radius 2 is 1.82 bits per heavy atom. The summed E-state index contributed by atoms with van der Waals surface area (Å²) in [5.74, 6) is -4.77. The number of carbonyl (C=O) groups excluding carboxylic acids is 1. The van der Waals surface area contributed by atoms with Crippen molar-refractivity contribution in [2.45, 2.75) is 55.1 Å². The molecule has 4 aliphatic rings. The minimum atomic E-state index is -3.26. The summed E-state index contributed by atoms with van der Waals surface area (Å²) in [6.45, 7) is 1.46. The molecule has 2 fully saturated rings. The van der Waals surface area contributed by atoms with Crippen LogP contribution < -0.4 is 0 Å². The molecule has 0 spiro atoms. The number of alkyl halides is 3. The van der Waals surface area contributed by atoms with Crippen LogP contribution in [0.5, 0.6) is 0 Å². The standard InChI is InChI=1S/C33H37F3N4O3S/c1-44(42,43)28-13-7-23(8-14-28)20-38-17-15-25(16-18-38)31-29(19-37-40(31)27-11-9-26(34)10-12-27)32(41)39-21-30(33(35,36)22-39)24-5-3-2-4-6-24/h2-5,7-9,11-14,19,24-26,30H,6,10,15-18,20-22H2,1H3. The molecular formula is C33H37F3N4O3S. The number of benzene rings is 1. The largest absolute Gasteiger partial charge is 0.332 e. The fourth-order valence-corrected chi connectivity index (χ4v) is 7.44. The molecule has 1 amide bonds. The van der Waals surface area contributed by atoms with Gasteiger partial charge in [-0.2, -0.15) is 5.10 Å². The molecular weight excluding hydrogens is 589 g/mol. The Morgan fingerprint density at radius 3 is 2.45 bits per heavy atom. The summed E-state index contributed by atoms with van der Waals surface area (Å²) in [6, 6.07) is 6.89. The van der Waals surface area contributed by atoms with Crippen LogP contribution >= 0.6 is 0 Å². The molecule has 234 valence electrons. The van der Waals surface area contributed by atoms with Crippen LogP contribution in [-0.2, 0) is 16.4 Å². The van der Waals surface area contributed by atoms with E-state index in [1.54, 1.807) is 35.0 Å². The van der Waals surface area contributed by atoms with Gasteiger partial charge in [0.1, 0.15) is 6.17 Å². The lowest BCUT2D eigenvalue weighted by Crippen LogP contribution is -2.35. The van der Waals surface area contributed by atoms with Crippen molar-refractivity contribution in [2.75, 3.05) is 32.4 Å². The van der Waals surface area contributed by atoms with Gasteiger partial charge in [-0.15, -0.1) is 0 Å². The molecule has 0 bridgehead atoms. The van der Waals surface area contributed by atoms with Gasteiger partial charge in [0.2, 0.25) is 0 Å². The third-order valence-corrected chi connectivity index (χ3v) is 10.3. The summed E-state index contributed by atoms with van der Waals surface area (Å²) in [6.07, 6.45) is 16.0. The molecule has 3 unspecified atom stereocenters. The maximum absolute atomic E-state index is 15.2. The average molecular weight is 627 g/mol. The van der Waals surface area contributed by atoms with Crippen LogP contribution in [0.3, 0.4) is 0 Å². The fraction of sp³-hybridized carbons (Fsp3) is 0.455. The van der Waals surface area contributed by atoms with E-state index in [1.165, 1.54) is 23.4 Å². The summed E-state index contributed by atoms with van der Waals surface area (Å²) in [5.41, 5.74) is 2.69. The molecule has 1 aromatic heterocycles. The SMILES string of the molecule is CS(=O)(=O)c1ccc(CN2CCC(c3c(C(=O)N4CC(C5C=CC=CC5)C(F)(F)C4)cnn3C3=CCC(F)C=C3)CC2)cc1. The van der Waals surface area contributed by atoms with E-state index in [0.29, 0.717) is 42.8 Å². The number of hydrogen-bond acceptors (Lipinski definition) is 5. The lowest BCUT2D eigenvalue weighted by molar-refractivity contribution is -0.0390. The van der Waals surface area contributed by atoms with Gasteiger partial charge < -0.3 is 4.90 Å². The molecule has 0 N–H and O–H groups in total. The molecule has 1 aromatic carbocycles. The Hall–Kier alpha value is -3.44. The molecule has 7 nitrogen and oxygen atoms in total. The molecule has 2 aromatic rings. The number of hydrogen-bond donors (Lipinski definition) is 0. The van der Waals surface area contributed by atoms with Crippen LogP contribution in [0.15, 0.2) is 77.9 Å². The molecule has 2 aliphatic carbocycles. The molecule has 6 rings (SSSR count). The Morgan fingerprint density at radius 1 is 1.07 bits per heavy atom. The molecule has 2 saturated heterocycles. The van der Waals surface area contributed by atoms with Crippen LogP contribution in [0, 0.1) is 11.8 Å². The number of piperidine rings is 1. The maximum Gasteiger partial charge on any atom is 0.270 e. The van der Waals surface area contributed by atoms with Gasteiger partial charge in [-0.05, 0) is 68.1 Å². The minimum absolute atomic E-state index is 0.0258. The summed E-state index contributed by atoms with van der Waals surface area (Å²) in [7, 11) is -3.26. The first-order chi connectivity index (χ1) is 21.0. The Bertz CT molecular complexity index is 1620. The summed E-state index contributed by atoms with van der Waals surface area (Å²) in [4.78, 5) is 17.8. The van der Waals surface area contributed by atoms with E-state index >= 15 is 8.78 Å². The Kier molecular flexibility index (Phi) is 8.45. The highest BCUT2D eigenvalue weighted by atomic mass is 32.2. The normalized spacial score (nSPS) is 25.9. The second-order valence-electron chi connectivity index (χ2n) is 12.3. The van der Waals surface area contributed by atoms with Crippen LogP contribution in [0.2, 0.25) is 0 Å². The number of rotatable bonds is 7. The summed E-state index contributed by atoms with van der Waals surface area (Å²) < 4.78 is 69.7. The van der Waals surface area contributed by atoms with Crippen molar-refractivity contribution in [3.63, 3.8) is 0 Å². The topological polar surface area (TPSA) is 75.5 Å². The quantitative estimate of drug-likeness (QED) is 0.398. The highest BCUT2D eigenvalue weighted by molar-refractivity contribution is 7.90. The lowest BCUT2D eigenvalue weighted by atomic mass is 9.84. The Labute approximate surface area is 256 Å². The number of nitrogens with zero attached hydrogens (tertiary/aromatic N) is 4. The van der Waals surface area contributed by atoms with E-state index in [0.717, 1.165) is 18.7 Å². The van der Waals surface area contributed by atoms with Crippen molar-refractivity contribution >= 4 is 21.4 Å². The maximum atomic E-state index is 15.2. The van der Waals surface area contributed by atoms with Crippen LogP contribution in [0.25, 0.3) is 5.70 Å². The molecule has 0 saturated carbocycles. The van der Waals surface area contributed by atoms with Crippen molar-refractivity contribution in [1.29, 1.82) is 0 Å². The van der Waals surface area contributed by atoms with E-state index in [-0.39, 0.29) is 29.7 Å². The average Bonchev–Trinajstić information content (AvgIpc) is 3.59. The second-order valence-corrected chi connectivity index (χ2v) is 14.3. The van der Waals surface area contributed by atoms with Gasteiger partial charge in [0.25, 0.3) is 11.8 Å². The second kappa shape index (κ2) is 12.2. The highest BCUT2D eigenvalue weighted by Crippen LogP contribution is 2.42. The number of halogens is 3. The predicted octanol–water partition coefficient (Wildman–Crippen LogP) is 5.64. The molecule has 3 heterocycles. The molecule has 11 heteroatoms. The number of allylic oxidation sites excluding steroid dienone is 8. The van der Waals surface area contributed by atoms with E-state index in [2.05, 4.69) is 10.00 Å². The molecule has 0 radical (unpaired) electrons. The van der Waals surface area contributed by atoms with E-state index in [9.17, 15) is 17.6 Å². The number of sulfone groups is 1. The predicted molar refractivity (Wildman–Crippen MR) is 163 cm³/mol. The molecule has 3 atom stereocenters. The van der Waals surface area contributed by atoms with Crippen molar-refractivity contribution in [3.05, 3.63) is 89.8 Å². The lowest BCUT2D eigenvalue weighted by Gasteiger charge is -2.33. The summed E-state index contributed by atoms with van der Waals surface area (Å²) >= 11 is 0. The van der Waals surface area contributed by atoms with Gasteiger partial charge >= 0.3 is 0 Å². The van der Waals surface area contributed by atoms with E-state index in [4.69, 9.17) is 0 Å².